The molecule has 33 heavy (non-hydrogen) atoms. The summed E-state index contributed by atoms with van der Waals surface area (Å²) in [6, 6.07) is 23.2. The Morgan fingerprint density at radius 3 is 2.30 bits per heavy atom. The van der Waals surface area contributed by atoms with Crippen molar-refractivity contribution < 1.29 is 19.0 Å². The van der Waals surface area contributed by atoms with Gasteiger partial charge in [0.1, 0.15) is 23.9 Å². The maximum Gasteiger partial charge on any atom is 0.253 e. The minimum absolute atomic E-state index is 0.0266. The van der Waals surface area contributed by atoms with Crippen LogP contribution in [0, 0.1) is 0 Å². The van der Waals surface area contributed by atoms with Crippen LogP contribution in [0.2, 0.25) is 0 Å². The summed E-state index contributed by atoms with van der Waals surface area (Å²) in [4.78, 5) is 17.4. The van der Waals surface area contributed by atoms with Crippen molar-refractivity contribution in [3.63, 3.8) is 0 Å². The zero-order valence-electron chi connectivity index (χ0n) is 19.2. The third kappa shape index (κ3) is 5.40. The highest BCUT2D eigenvalue weighted by Crippen LogP contribution is 2.29. The lowest BCUT2D eigenvalue weighted by Gasteiger charge is -2.36. The van der Waals surface area contributed by atoms with E-state index in [9.17, 15) is 4.79 Å². The van der Waals surface area contributed by atoms with E-state index in [0.29, 0.717) is 31.9 Å². The van der Waals surface area contributed by atoms with Gasteiger partial charge in [-0.25, -0.2) is 0 Å². The summed E-state index contributed by atoms with van der Waals surface area (Å²) in [5, 5.41) is 0. The molecule has 3 aromatic carbocycles. The van der Waals surface area contributed by atoms with E-state index in [1.165, 1.54) is 0 Å². The van der Waals surface area contributed by atoms with Gasteiger partial charge in [0, 0.05) is 37.3 Å². The Morgan fingerprint density at radius 1 is 0.848 bits per heavy atom. The topological polar surface area (TPSA) is 51.2 Å². The smallest absolute Gasteiger partial charge is 0.253 e. The molecule has 4 rings (SSSR count). The fourth-order valence-corrected chi connectivity index (χ4v) is 4.02. The number of rotatable bonds is 8. The number of carbonyl (C=O) groups excluding carboxylic acids is 1. The number of hydrogen-bond donors (Lipinski definition) is 0. The molecule has 1 heterocycles. The van der Waals surface area contributed by atoms with E-state index >= 15 is 0 Å². The van der Waals surface area contributed by atoms with Crippen molar-refractivity contribution in [3.05, 3.63) is 83.9 Å². The number of amides is 1. The molecule has 0 aromatic heterocycles. The molecule has 0 aliphatic carbocycles. The number of ether oxygens (including phenoxy) is 3. The van der Waals surface area contributed by atoms with Crippen LogP contribution in [0.1, 0.15) is 22.8 Å². The van der Waals surface area contributed by atoms with Crippen LogP contribution >= 0.6 is 0 Å². The van der Waals surface area contributed by atoms with Gasteiger partial charge in [0.2, 0.25) is 0 Å². The molecule has 1 fully saturated rings. The summed E-state index contributed by atoms with van der Waals surface area (Å²) in [5.41, 5.74) is 2.57. The molecule has 1 saturated heterocycles. The van der Waals surface area contributed by atoms with E-state index < -0.39 is 0 Å². The van der Waals surface area contributed by atoms with E-state index in [-0.39, 0.29) is 5.91 Å². The highest BCUT2D eigenvalue weighted by atomic mass is 16.5. The number of para-hydroxylation sites is 3. The zero-order valence-corrected chi connectivity index (χ0v) is 19.2. The third-order valence-corrected chi connectivity index (χ3v) is 5.74. The SMILES string of the molecule is CCOc1ccc(C(=O)N2CCN(c3ccccc3OC)CC2)cc1COc1ccccc1. The molecule has 1 aliphatic heterocycles. The van der Waals surface area contributed by atoms with Crippen molar-refractivity contribution in [2.24, 2.45) is 0 Å². The fraction of sp³-hybridized carbons (Fsp3) is 0.296. The second-order valence-corrected chi connectivity index (χ2v) is 7.81. The van der Waals surface area contributed by atoms with Crippen LogP contribution in [-0.4, -0.2) is 50.7 Å². The van der Waals surface area contributed by atoms with Gasteiger partial charge in [-0.15, -0.1) is 0 Å². The van der Waals surface area contributed by atoms with E-state index in [2.05, 4.69) is 11.0 Å². The molecule has 3 aromatic rings. The minimum Gasteiger partial charge on any atom is -0.495 e. The van der Waals surface area contributed by atoms with E-state index in [1.54, 1.807) is 7.11 Å². The minimum atomic E-state index is 0.0266. The molecular formula is C27H30N2O4. The summed E-state index contributed by atoms with van der Waals surface area (Å²) >= 11 is 0. The van der Waals surface area contributed by atoms with Gasteiger partial charge in [-0.3, -0.25) is 4.79 Å². The van der Waals surface area contributed by atoms with Gasteiger partial charge in [0.05, 0.1) is 19.4 Å². The Bertz CT molecular complexity index is 1060. The standard InChI is InChI=1S/C27H30N2O4/c1-3-32-25-14-13-21(19-22(25)20-33-23-9-5-4-6-10-23)27(30)29-17-15-28(16-18-29)24-11-7-8-12-26(24)31-2/h4-14,19H,3,15-18,20H2,1-2H3. The molecule has 0 saturated carbocycles. The van der Waals surface area contributed by atoms with Gasteiger partial charge in [-0.2, -0.15) is 0 Å². The first-order valence-corrected chi connectivity index (χ1v) is 11.3. The van der Waals surface area contributed by atoms with Crippen molar-refractivity contribution in [2.45, 2.75) is 13.5 Å². The van der Waals surface area contributed by atoms with Crippen LogP contribution in [0.5, 0.6) is 17.2 Å². The summed E-state index contributed by atoms with van der Waals surface area (Å²) in [5.74, 6) is 2.40. The number of hydrogen-bond acceptors (Lipinski definition) is 5. The summed E-state index contributed by atoms with van der Waals surface area (Å²) in [6.45, 7) is 5.65. The average Bonchev–Trinajstić information content (AvgIpc) is 2.88. The highest BCUT2D eigenvalue weighted by molar-refractivity contribution is 5.94. The predicted octanol–water partition coefficient (Wildman–Crippen LogP) is 4.64. The molecular weight excluding hydrogens is 416 g/mol. The molecule has 1 amide bonds. The fourth-order valence-electron chi connectivity index (χ4n) is 4.02. The molecule has 0 atom stereocenters. The number of benzene rings is 3. The van der Waals surface area contributed by atoms with E-state index in [4.69, 9.17) is 14.2 Å². The van der Waals surface area contributed by atoms with Crippen LogP contribution in [-0.2, 0) is 6.61 Å². The number of piperazine rings is 1. The van der Waals surface area contributed by atoms with Crippen LogP contribution in [0.3, 0.4) is 0 Å². The van der Waals surface area contributed by atoms with Gasteiger partial charge in [-0.1, -0.05) is 30.3 Å². The lowest BCUT2D eigenvalue weighted by molar-refractivity contribution is 0.0746. The van der Waals surface area contributed by atoms with Gasteiger partial charge in [0.25, 0.3) is 5.91 Å². The van der Waals surface area contributed by atoms with Gasteiger partial charge in [-0.05, 0) is 49.4 Å². The first-order chi connectivity index (χ1) is 16.2. The predicted molar refractivity (Wildman–Crippen MR) is 129 cm³/mol. The van der Waals surface area contributed by atoms with E-state index in [0.717, 1.165) is 41.6 Å². The maximum absolute atomic E-state index is 13.3. The molecule has 6 nitrogen and oxygen atoms in total. The molecule has 0 radical (unpaired) electrons. The lowest BCUT2D eigenvalue weighted by Crippen LogP contribution is -2.48. The molecule has 0 spiro atoms. The van der Waals surface area contributed by atoms with Gasteiger partial charge >= 0.3 is 0 Å². The molecule has 0 bridgehead atoms. The first-order valence-electron chi connectivity index (χ1n) is 11.3. The van der Waals surface area contributed by atoms with E-state index in [1.807, 2.05) is 78.6 Å². The molecule has 1 aliphatic rings. The molecule has 0 N–H and O–H groups in total. The summed E-state index contributed by atoms with van der Waals surface area (Å²) in [7, 11) is 1.68. The van der Waals surface area contributed by atoms with Gasteiger partial charge < -0.3 is 24.0 Å². The second kappa shape index (κ2) is 10.8. The zero-order chi connectivity index (χ0) is 23.0. The molecule has 0 unspecified atom stereocenters. The Kier molecular flexibility index (Phi) is 7.35. The second-order valence-electron chi connectivity index (χ2n) is 7.81. The van der Waals surface area contributed by atoms with Crippen LogP contribution < -0.4 is 19.1 Å². The first kappa shape index (κ1) is 22.5. The number of nitrogens with zero attached hydrogens (tertiary/aromatic N) is 2. The largest absolute Gasteiger partial charge is 0.495 e. The van der Waals surface area contributed by atoms with Crippen molar-refractivity contribution in [3.8, 4) is 17.2 Å². The highest BCUT2D eigenvalue weighted by Gasteiger charge is 2.24. The van der Waals surface area contributed by atoms with Crippen LogP contribution in [0.4, 0.5) is 5.69 Å². The normalized spacial score (nSPS) is 13.5. The Morgan fingerprint density at radius 2 is 1.58 bits per heavy atom. The monoisotopic (exact) mass is 446 g/mol. The Labute approximate surface area is 195 Å². The third-order valence-electron chi connectivity index (χ3n) is 5.74. The van der Waals surface area contributed by atoms with Gasteiger partial charge in [0.15, 0.2) is 0 Å². The molecule has 172 valence electrons. The summed E-state index contributed by atoms with van der Waals surface area (Å²) in [6.07, 6.45) is 0. The number of methoxy groups -OCH3 is 1. The maximum atomic E-state index is 13.3. The van der Waals surface area contributed by atoms with Crippen LogP contribution in [0.25, 0.3) is 0 Å². The van der Waals surface area contributed by atoms with Crippen molar-refractivity contribution in [2.75, 3.05) is 44.8 Å². The van der Waals surface area contributed by atoms with Crippen LogP contribution in [0.15, 0.2) is 72.8 Å². The summed E-state index contributed by atoms with van der Waals surface area (Å²) < 4.78 is 17.2. The lowest BCUT2D eigenvalue weighted by atomic mass is 10.1. The quantitative estimate of drug-likeness (QED) is 0.505. The average molecular weight is 447 g/mol. The Balaban J connectivity index is 1.44. The molecule has 6 heteroatoms. The van der Waals surface area contributed by atoms with Crippen molar-refractivity contribution in [1.29, 1.82) is 0 Å². The van der Waals surface area contributed by atoms with Crippen molar-refractivity contribution >= 4 is 11.6 Å². The number of carbonyl (C=O) groups is 1. The number of anilines is 1. The Hall–Kier alpha value is -3.67. The van der Waals surface area contributed by atoms with Crippen molar-refractivity contribution in [1.82, 2.24) is 4.90 Å².